The molecule has 0 bridgehead atoms. The summed E-state index contributed by atoms with van der Waals surface area (Å²) in [5.74, 6) is 1.67. The van der Waals surface area contributed by atoms with Crippen LogP contribution in [-0.2, 0) is 7.05 Å². The van der Waals surface area contributed by atoms with Crippen LogP contribution in [0.3, 0.4) is 0 Å². The van der Waals surface area contributed by atoms with E-state index >= 15 is 0 Å². The Morgan fingerprint density at radius 1 is 1.26 bits per heavy atom. The van der Waals surface area contributed by atoms with Crippen molar-refractivity contribution < 1.29 is 0 Å². The molecular weight excluding hydrogens is 234 g/mol. The fourth-order valence-electron chi connectivity index (χ4n) is 2.80. The van der Waals surface area contributed by atoms with Gasteiger partial charge in [0.05, 0.1) is 11.0 Å². The molecule has 3 heteroatoms. The molecule has 104 valence electrons. The van der Waals surface area contributed by atoms with Gasteiger partial charge >= 0.3 is 0 Å². The van der Waals surface area contributed by atoms with Crippen LogP contribution in [0, 0.1) is 6.92 Å². The standard InChI is InChI=1S/C16H25N3/c1-11-7-6-10-14-15(11)19(4)16(18-14)12(2)8-5-9-13(3)17/h6-7,10,12-13H,5,8-9,17H2,1-4H3. The largest absolute Gasteiger partial charge is 0.331 e. The van der Waals surface area contributed by atoms with E-state index in [1.165, 1.54) is 23.3 Å². The summed E-state index contributed by atoms with van der Waals surface area (Å²) in [5.41, 5.74) is 9.47. The van der Waals surface area contributed by atoms with E-state index in [-0.39, 0.29) is 0 Å². The van der Waals surface area contributed by atoms with Gasteiger partial charge in [-0.25, -0.2) is 4.98 Å². The molecule has 1 aromatic carbocycles. The molecule has 0 spiro atoms. The topological polar surface area (TPSA) is 43.8 Å². The van der Waals surface area contributed by atoms with Gasteiger partial charge in [-0.3, -0.25) is 0 Å². The van der Waals surface area contributed by atoms with Gasteiger partial charge in [-0.1, -0.05) is 25.5 Å². The molecule has 0 aliphatic heterocycles. The highest BCUT2D eigenvalue weighted by atomic mass is 15.1. The second-order valence-corrected chi connectivity index (χ2v) is 5.78. The van der Waals surface area contributed by atoms with Crippen molar-refractivity contribution >= 4 is 11.0 Å². The molecule has 0 saturated carbocycles. The molecule has 2 N–H and O–H groups in total. The Bertz CT molecular complexity index is 554. The van der Waals surface area contributed by atoms with Gasteiger partial charge in [0, 0.05) is 19.0 Å². The Hall–Kier alpha value is -1.35. The molecule has 0 aliphatic carbocycles. The zero-order valence-corrected chi connectivity index (χ0v) is 12.5. The number of hydrogen-bond acceptors (Lipinski definition) is 2. The number of nitrogens with two attached hydrogens (primary N) is 1. The number of imidazole rings is 1. The van der Waals surface area contributed by atoms with E-state index in [4.69, 9.17) is 10.7 Å². The predicted molar refractivity (Wildman–Crippen MR) is 81.4 cm³/mol. The number of aromatic nitrogens is 2. The third-order valence-corrected chi connectivity index (χ3v) is 3.87. The fourth-order valence-corrected chi connectivity index (χ4v) is 2.80. The summed E-state index contributed by atoms with van der Waals surface area (Å²) in [5, 5.41) is 0. The highest BCUT2D eigenvalue weighted by molar-refractivity contribution is 5.79. The van der Waals surface area contributed by atoms with Gasteiger partial charge in [-0.15, -0.1) is 0 Å². The highest BCUT2D eigenvalue weighted by Gasteiger charge is 2.15. The Kier molecular flexibility index (Phi) is 4.25. The van der Waals surface area contributed by atoms with Crippen LogP contribution >= 0.6 is 0 Å². The second kappa shape index (κ2) is 5.74. The minimum atomic E-state index is 0.301. The van der Waals surface area contributed by atoms with E-state index in [1.807, 2.05) is 0 Å². The van der Waals surface area contributed by atoms with Crippen LogP contribution < -0.4 is 5.73 Å². The summed E-state index contributed by atoms with van der Waals surface area (Å²) in [6, 6.07) is 6.62. The lowest BCUT2D eigenvalue weighted by Crippen LogP contribution is -2.14. The normalized spacial score (nSPS) is 14.8. The zero-order valence-electron chi connectivity index (χ0n) is 12.5. The molecular formula is C16H25N3. The molecule has 3 nitrogen and oxygen atoms in total. The average Bonchev–Trinajstić information content (AvgIpc) is 2.67. The van der Waals surface area contributed by atoms with Crippen LogP contribution in [-0.4, -0.2) is 15.6 Å². The maximum Gasteiger partial charge on any atom is 0.112 e. The van der Waals surface area contributed by atoms with Crippen molar-refractivity contribution in [3.05, 3.63) is 29.6 Å². The van der Waals surface area contributed by atoms with E-state index < -0.39 is 0 Å². The number of rotatable bonds is 5. The van der Waals surface area contributed by atoms with E-state index in [0.717, 1.165) is 18.4 Å². The Labute approximate surface area is 115 Å². The molecule has 2 unspecified atom stereocenters. The quantitative estimate of drug-likeness (QED) is 0.893. The van der Waals surface area contributed by atoms with Crippen molar-refractivity contribution in [3.63, 3.8) is 0 Å². The lowest BCUT2D eigenvalue weighted by atomic mass is 10.0. The van der Waals surface area contributed by atoms with E-state index in [9.17, 15) is 0 Å². The second-order valence-electron chi connectivity index (χ2n) is 5.78. The van der Waals surface area contributed by atoms with Gasteiger partial charge in [0.2, 0.25) is 0 Å². The summed E-state index contributed by atoms with van der Waals surface area (Å²) >= 11 is 0. The average molecular weight is 259 g/mol. The predicted octanol–water partition coefficient (Wildman–Crippen LogP) is 3.50. The number of fused-ring (bicyclic) bond motifs is 1. The third kappa shape index (κ3) is 2.98. The minimum Gasteiger partial charge on any atom is -0.331 e. The molecule has 0 amide bonds. The lowest BCUT2D eigenvalue weighted by molar-refractivity contribution is 0.535. The summed E-state index contributed by atoms with van der Waals surface area (Å²) in [7, 11) is 2.12. The smallest absolute Gasteiger partial charge is 0.112 e. The first-order valence-electron chi connectivity index (χ1n) is 7.18. The summed E-state index contributed by atoms with van der Waals surface area (Å²) in [6.07, 6.45) is 3.41. The SMILES string of the molecule is Cc1cccc2nc(C(C)CCCC(C)N)n(C)c12. The van der Waals surface area contributed by atoms with Gasteiger partial charge < -0.3 is 10.3 Å². The molecule has 0 saturated heterocycles. The van der Waals surface area contributed by atoms with E-state index in [1.54, 1.807) is 0 Å². The first kappa shape index (κ1) is 14.1. The minimum absolute atomic E-state index is 0.301. The first-order valence-corrected chi connectivity index (χ1v) is 7.18. The van der Waals surface area contributed by atoms with Gasteiger partial charge in [0.1, 0.15) is 5.82 Å². The molecule has 2 aromatic rings. The van der Waals surface area contributed by atoms with Gasteiger partial charge in [0.15, 0.2) is 0 Å². The zero-order chi connectivity index (χ0) is 14.0. The highest BCUT2D eigenvalue weighted by Crippen LogP contribution is 2.26. The number of hydrogen-bond donors (Lipinski definition) is 1. The van der Waals surface area contributed by atoms with E-state index in [2.05, 4.69) is 50.6 Å². The van der Waals surface area contributed by atoms with Crippen molar-refractivity contribution in [2.45, 2.75) is 52.0 Å². The van der Waals surface area contributed by atoms with E-state index in [0.29, 0.717) is 12.0 Å². The van der Waals surface area contributed by atoms with Crippen LogP contribution in [0.25, 0.3) is 11.0 Å². The fraction of sp³-hybridized carbons (Fsp3) is 0.562. The number of aryl methyl sites for hydroxylation is 2. The number of para-hydroxylation sites is 1. The molecule has 0 aliphatic rings. The van der Waals surface area contributed by atoms with Crippen molar-refractivity contribution in [1.82, 2.24) is 9.55 Å². The summed E-state index contributed by atoms with van der Waals surface area (Å²) < 4.78 is 2.25. The van der Waals surface area contributed by atoms with Crippen molar-refractivity contribution in [1.29, 1.82) is 0 Å². The maximum atomic E-state index is 5.81. The van der Waals surface area contributed by atoms with Crippen LogP contribution in [0.5, 0.6) is 0 Å². The Morgan fingerprint density at radius 2 is 2.00 bits per heavy atom. The number of benzene rings is 1. The van der Waals surface area contributed by atoms with Crippen LogP contribution in [0.15, 0.2) is 18.2 Å². The number of nitrogens with zero attached hydrogens (tertiary/aromatic N) is 2. The molecule has 2 rings (SSSR count). The summed E-state index contributed by atoms with van der Waals surface area (Å²) in [4.78, 5) is 4.80. The van der Waals surface area contributed by atoms with Crippen LogP contribution in [0.1, 0.15) is 50.4 Å². The monoisotopic (exact) mass is 259 g/mol. The van der Waals surface area contributed by atoms with Crippen LogP contribution in [0.4, 0.5) is 0 Å². The van der Waals surface area contributed by atoms with Crippen molar-refractivity contribution in [3.8, 4) is 0 Å². The van der Waals surface area contributed by atoms with Crippen molar-refractivity contribution in [2.75, 3.05) is 0 Å². The molecule has 1 aromatic heterocycles. The molecule has 1 heterocycles. The van der Waals surface area contributed by atoms with Gasteiger partial charge in [-0.05, 0) is 38.3 Å². The summed E-state index contributed by atoms with van der Waals surface area (Å²) in [6.45, 7) is 6.48. The lowest BCUT2D eigenvalue weighted by Gasteiger charge is -2.12. The Balaban J connectivity index is 2.20. The molecule has 2 atom stereocenters. The molecule has 0 fully saturated rings. The van der Waals surface area contributed by atoms with Gasteiger partial charge in [-0.2, -0.15) is 0 Å². The van der Waals surface area contributed by atoms with Crippen LogP contribution in [0.2, 0.25) is 0 Å². The van der Waals surface area contributed by atoms with Gasteiger partial charge in [0.25, 0.3) is 0 Å². The first-order chi connectivity index (χ1) is 9.00. The Morgan fingerprint density at radius 3 is 2.63 bits per heavy atom. The molecule has 19 heavy (non-hydrogen) atoms. The molecule has 0 radical (unpaired) electrons. The van der Waals surface area contributed by atoms with Crippen molar-refractivity contribution in [2.24, 2.45) is 12.8 Å². The maximum absolute atomic E-state index is 5.81. The third-order valence-electron chi connectivity index (χ3n) is 3.87.